The van der Waals surface area contributed by atoms with Gasteiger partial charge in [0.15, 0.2) is 0 Å². The molecule has 5 heteroatoms. The number of thiazole rings is 1. The molecule has 2 atom stereocenters. The van der Waals surface area contributed by atoms with E-state index in [0.29, 0.717) is 5.56 Å². The Kier molecular flexibility index (Phi) is 3.15. The fourth-order valence-corrected chi connectivity index (χ4v) is 2.21. The van der Waals surface area contributed by atoms with Crippen LogP contribution in [0.15, 0.2) is 23.7 Å². The summed E-state index contributed by atoms with van der Waals surface area (Å²) >= 11 is 1.48. The van der Waals surface area contributed by atoms with Gasteiger partial charge in [-0.1, -0.05) is 6.07 Å². The number of fused-ring (bicyclic) bond motifs is 1. The van der Waals surface area contributed by atoms with E-state index >= 15 is 0 Å². The first-order valence-electron chi connectivity index (χ1n) is 4.78. The van der Waals surface area contributed by atoms with Gasteiger partial charge in [0.2, 0.25) is 0 Å². The number of benzene rings is 1. The summed E-state index contributed by atoms with van der Waals surface area (Å²) in [5.41, 5.74) is 3.21. The van der Waals surface area contributed by atoms with Gasteiger partial charge in [0.1, 0.15) is 6.10 Å². The molecule has 0 aliphatic carbocycles. The summed E-state index contributed by atoms with van der Waals surface area (Å²) in [6, 6.07) is 7.13. The largest absolute Gasteiger partial charge is 0.389 e. The lowest BCUT2D eigenvalue weighted by molar-refractivity contribution is 0.0217. The van der Waals surface area contributed by atoms with Crippen molar-refractivity contribution in [2.24, 2.45) is 0 Å². The minimum absolute atomic E-state index is 0.0815. The average Bonchev–Trinajstić information content (AvgIpc) is 2.75. The maximum absolute atomic E-state index is 9.80. The molecule has 0 spiro atoms. The van der Waals surface area contributed by atoms with Crippen molar-refractivity contribution in [1.82, 2.24) is 4.98 Å². The van der Waals surface area contributed by atoms with Crippen LogP contribution in [-0.2, 0) is 0 Å². The van der Waals surface area contributed by atoms with E-state index in [4.69, 9.17) is 5.26 Å². The molecular formula is C11H10N2O2S. The van der Waals surface area contributed by atoms with Crippen molar-refractivity contribution in [2.45, 2.75) is 18.6 Å². The minimum atomic E-state index is -1.05. The van der Waals surface area contributed by atoms with Gasteiger partial charge in [0.25, 0.3) is 0 Å². The van der Waals surface area contributed by atoms with Crippen molar-refractivity contribution in [3.8, 4) is 6.07 Å². The van der Waals surface area contributed by atoms with Gasteiger partial charge in [-0.15, -0.1) is 11.3 Å². The smallest absolute Gasteiger partial charge is 0.106 e. The molecule has 2 aromatic rings. The minimum Gasteiger partial charge on any atom is -0.389 e. The standard InChI is InChI=1S/C11H10N2O2S/c12-4-3-9(14)11(15)7-1-2-8-10(5-7)16-6-13-8/h1-2,5-6,9,11,14-15H,3H2. The molecule has 0 amide bonds. The van der Waals surface area contributed by atoms with Gasteiger partial charge in [0, 0.05) is 0 Å². The zero-order valence-electron chi connectivity index (χ0n) is 8.37. The Labute approximate surface area is 96.4 Å². The van der Waals surface area contributed by atoms with Crippen LogP contribution in [0, 0.1) is 11.3 Å². The van der Waals surface area contributed by atoms with Crippen molar-refractivity contribution in [3.63, 3.8) is 0 Å². The lowest BCUT2D eigenvalue weighted by Gasteiger charge is -2.15. The van der Waals surface area contributed by atoms with Crippen molar-refractivity contribution in [1.29, 1.82) is 5.26 Å². The number of rotatable bonds is 3. The quantitative estimate of drug-likeness (QED) is 0.845. The van der Waals surface area contributed by atoms with Crippen LogP contribution in [0.2, 0.25) is 0 Å². The fraction of sp³-hybridized carbons (Fsp3) is 0.273. The molecule has 1 aromatic heterocycles. The number of aliphatic hydroxyl groups is 2. The van der Waals surface area contributed by atoms with E-state index in [2.05, 4.69) is 4.98 Å². The number of nitriles is 1. The molecule has 0 saturated heterocycles. The number of aliphatic hydroxyl groups excluding tert-OH is 2. The molecule has 0 aliphatic heterocycles. The molecule has 0 saturated carbocycles. The lowest BCUT2D eigenvalue weighted by Crippen LogP contribution is -2.17. The molecule has 2 rings (SSSR count). The second-order valence-corrected chi connectivity index (χ2v) is 4.34. The van der Waals surface area contributed by atoms with Crippen LogP contribution in [0.5, 0.6) is 0 Å². The van der Waals surface area contributed by atoms with Gasteiger partial charge in [-0.25, -0.2) is 4.98 Å². The van der Waals surface area contributed by atoms with E-state index in [1.807, 2.05) is 6.07 Å². The SMILES string of the molecule is N#CCC(O)C(O)c1ccc2ncsc2c1. The van der Waals surface area contributed by atoms with Crippen molar-refractivity contribution in [2.75, 3.05) is 0 Å². The normalized spacial score (nSPS) is 14.6. The summed E-state index contributed by atoms with van der Waals surface area (Å²) in [5, 5.41) is 27.8. The third kappa shape index (κ3) is 2.04. The van der Waals surface area contributed by atoms with Crippen LogP contribution < -0.4 is 0 Å². The zero-order chi connectivity index (χ0) is 11.5. The third-order valence-corrected chi connectivity index (χ3v) is 3.15. The Balaban J connectivity index is 2.29. The third-order valence-electron chi connectivity index (χ3n) is 2.36. The zero-order valence-corrected chi connectivity index (χ0v) is 9.18. The highest BCUT2D eigenvalue weighted by molar-refractivity contribution is 7.16. The Bertz CT molecular complexity index is 532. The molecule has 1 aromatic carbocycles. The fourth-order valence-electron chi connectivity index (χ4n) is 1.48. The molecule has 2 unspecified atom stereocenters. The maximum Gasteiger partial charge on any atom is 0.106 e. The highest BCUT2D eigenvalue weighted by Crippen LogP contribution is 2.25. The average molecular weight is 234 g/mol. The number of hydrogen-bond donors (Lipinski definition) is 2. The predicted molar refractivity (Wildman–Crippen MR) is 60.8 cm³/mol. The van der Waals surface area contributed by atoms with E-state index in [-0.39, 0.29) is 6.42 Å². The lowest BCUT2D eigenvalue weighted by atomic mass is 10.0. The van der Waals surface area contributed by atoms with E-state index in [0.717, 1.165) is 10.2 Å². The molecule has 1 heterocycles. The first-order valence-corrected chi connectivity index (χ1v) is 5.66. The summed E-state index contributed by atoms with van der Waals surface area (Å²) in [7, 11) is 0. The summed E-state index contributed by atoms with van der Waals surface area (Å²) < 4.78 is 0.959. The Hall–Kier alpha value is -1.48. The number of nitrogens with zero attached hydrogens (tertiary/aromatic N) is 2. The summed E-state index contributed by atoms with van der Waals surface area (Å²) in [4.78, 5) is 4.12. The Morgan fingerprint density at radius 1 is 1.44 bits per heavy atom. The first kappa shape index (κ1) is 11.0. The van der Waals surface area contributed by atoms with E-state index < -0.39 is 12.2 Å². The van der Waals surface area contributed by atoms with Gasteiger partial charge < -0.3 is 10.2 Å². The highest BCUT2D eigenvalue weighted by atomic mass is 32.1. The molecule has 0 fully saturated rings. The number of aromatic nitrogens is 1. The van der Waals surface area contributed by atoms with Crippen LogP contribution in [0.25, 0.3) is 10.2 Å². The molecule has 2 N–H and O–H groups in total. The van der Waals surface area contributed by atoms with Gasteiger partial charge in [-0.3, -0.25) is 0 Å². The summed E-state index contributed by atoms with van der Waals surface area (Å²) in [6.45, 7) is 0. The van der Waals surface area contributed by atoms with Crippen molar-refractivity contribution >= 4 is 21.6 Å². The van der Waals surface area contributed by atoms with Gasteiger partial charge in [-0.05, 0) is 17.7 Å². The van der Waals surface area contributed by atoms with Crippen LogP contribution >= 0.6 is 11.3 Å². The van der Waals surface area contributed by atoms with Crippen LogP contribution in [0.3, 0.4) is 0 Å². The second kappa shape index (κ2) is 4.58. The van der Waals surface area contributed by atoms with E-state index in [1.165, 1.54) is 11.3 Å². The topological polar surface area (TPSA) is 77.1 Å². The maximum atomic E-state index is 9.80. The Morgan fingerprint density at radius 2 is 2.25 bits per heavy atom. The summed E-state index contributed by atoms with van der Waals surface area (Å²) in [5.74, 6) is 0. The molecule has 0 aliphatic rings. The Morgan fingerprint density at radius 3 is 3.00 bits per heavy atom. The van der Waals surface area contributed by atoms with Gasteiger partial charge >= 0.3 is 0 Å². The molecule has 4 nitrogen and oxygen atoms in total. The molecular weight excluding hydrogens is 224 g/mol. The number of hydrogen-bond acceptors (Lipinski definition) is 5. The molecule has 82 valence electrons. The van der Waals surface area contributed by atoms with Crippen molar-refractivity contribution in [3.05, 3.63) is 29.3 Å². The molecule has 0 radical (unpaired) electrons. The van der Waals surface area contributed by atoms with Crippen LogP contribution in [0.1, 0.15) is 18.1 Å². The van der Waals surface area contributed by atoms with E-state index in [9.17, 15) is 10.2 Å². The van der Waals surface area contributed by atoms with Crippen molar-refractivity contribution < 1.29 is 10.2 Å². The van der Waals surface area contributed by atoms with Crippen LogP contribution in [0.4, 0.5) is 0 Å². The van der Waals surface area contributed by atoms with E-state index in [1.54, 1.807) is 23.7 Å². The first-order chi connectivity index (χ1) is 7.72. The second-order valence-electron chi connectivity index (χ2n) is 3.45. The molecule has 16 heavy (non-hydrogen) atoms. The monoisotopic (exact) mass is 234 g/mol. The summed E-state index contributed by atoms with van der Waals surface area (Å²) in [6.07, 6.45) is -2.15. The highest BCUT2D eigenvalue weighted by Gasteiger charge is 2.18. The van der Waals surface area contributed by atoms with Crippen LogP contribution in [-0.4, -0.2) is 21.3 Å². The van der Waals surface area contributed by atoms with Gasteiger partial charge in [0.05, 0.1) is 34.3 Å². The predicted octanol–water partition coefficient (Wildman–Crippen LogP) is 1.60. The molecule has 0 bridgehead atoms. The van der Waals surface area contributed by atoms with Gasteiger partial charge in [-0.2, -0.15) is 5.26 Å².